The summed E-state index contributed by atoms with van der Waals surface area (Å²) in [6.07, 6.45) is 0. The van der Waals surface area contributed by atoms with E-state index in [0.717, 1.165) is 11.3 Å². The van der Waals surface area contributed by atoms with Crippen LogP contribution in [0.4, 0.5) is 15.8 Å². The molecule has 6 nitrogen and oxygen atoms in total. The Kier molecular flexibility index (Phi) is 4.55. The quantitative estimate of drug-likeness (QED) is 0.750. The number of halogens is 1. The van der Waals surface area contributed by atoms with Gasteiger partial charge in [-0.1, -0.05) is 12.1 Å². The number of thiazole rings is 1. The summed E-state index contributed by atoms with van der Waals surface area (Å²) in [4.78, 5) is 30.3. The number of para-hydroxylation sites is 1. The second-order valence-corrected chi connectivity index (χ2v) is 6.57. The topological polar surface area (TPSA) is 71.5 Å². The first-order valence-electron chi connectivity index (χ1n) is 8.12. The summed E-state index contributed by atoms with van der Waals surface area (Å²) in [5.41, 5.74) is 3.86. The number of aromatic nitrogens is 1. The molecular weight excluding hydrogens is 369 g/mol. The SMILES string of the molecule is O=C(CN1C(=O)COc2ccc(-c3cscn3)cc21)Nc1ccccc1F. The van der Waals surface area contributed by atoms with Crippen molar-refractivity contribution in [2.24, 2.45) is 0 Å². The number of rotatable bonds is 4. The molecule has 3 aromatic rings. The smallest absolute Gasteiger partial charge is 0.265 e. The van der Waals surface area contributed by atoms with Crippen molar-refractivity contribution in [1.82, 2.24) is 4.98 Å². The molecule has 1 aromatic heterocycles. The van der Waals surface area contributed by atoms with Crippen LogP contribution in [0.2, 0.25) is 0 Å². The molecule has 0 unspecified atom stereocenters. The van der Waals surface area contributed by atoms with Crippen molar-refractivity contribution in [2.45, 2.75) is 0 Å². The Morgan fingerprint density at radius 1 is 1.30 bits per heavy atom. The number of ether oxygens (including phenoxy) is 1. The number of anilines is 2. The van der Waals surface area contributed by atoms with E-state index in [1.54, 1.807) is 23.7 Å². The van der Waals surface area contributed by atoms with Gasteiger partial charge in [0.1, 0.15) is 18.1 Å². The van der Waals surface area contributed by atoms with Gasteiger partial charge in [0.15, 0.2) is 6.61 Å². The summed E-state index contributed by atoms with van der Waals surface area (Å²) in [6.45, 7) is -0.403. The molecule has 8 heteroatoms. The third-order valence-corrected chi connectivity index (χ3v) is 4.67. The van der Waals surface area contributed by atoms with Gasteiger partial charge in [0.05, 0.1) is 22.6 Å². The summed E-state index contributed by atoms with van der Waals surface area (Å²) in [5.74, 6) is -0.875. The fourth-order valence-corrected chi connectivity index (χ4v) is 3.35. The summed E-state index contributed by atoms with van der Waals surface area (Å²) in [6, 6.07) is 11.2. The van der Waals surface area contributed by atoms with Crippen LogP contribution in [0.15, 0.2) is 53.4 Å². The molecule has 1 aliphatic heterocycles. The van der Waals surface area contributed by atoms with Crippen molar-refractivity contribution in [3.63, 3.8) is 0 Å². The Hall–Kier alpha value is -3.26. The van der Waals surface area contributed by atoms with Crippen LogP contribution in [0.3, 0.4) is 0 Å². The van der Waals surface area contributed by atoms with E-state index in [2.05, 4.69) is 10.3 Å². The number of nitrogens with zero attached hydrogens (tertiary/aromatic N) is 2. The molecule has 2 amide bonds. The van der Waals surface area contributed by atoms with E-state index in [0.29, 0.717) is 11.4 Å². The van der Waals surface area contributed by atoms with Gasteiger partial charge in [0.25, 0.3) is 5.91 Å². The van der Waals surface area contributed by atoms with Gasteiger partial charge in [-0.3, -0.25) is 14.5 Å². The molecule has 2 aromatic carbocycles. The van der Waals surface area contributed by atoms with E-state index in [1.807, 2.05) is 11.4 Å². The van der Waals surface area contributed by atoms with Crippen LogP contribution in [0.1, 0.15) is 0 Å². The Labute approximate surface area is 158 Å². The third kappa shape index (κ3) is 3.52. The number of nitrogens with one attached hydrogen (secondary N) is 1. The number of benzene rings is 2. The zero-order valence-electron chi connectivity index (χ0n) is 14.0. The zero-order valence-corrected chi connectivity index (χ0v) is 14.8. The van der Waals surface area contributed by atoms with Crippen molar-refractivity contribution >= 4 is 34.5 Å². The average Bonchev–Trinajstić information content (AvgIpc) is 3.20. The first-order valence-corrected chi connectivity index (χ1v) is 9.06. The van der Waals surface area contributed by atoms with Crippen LogP contribution in [0.25, 0.3) is 11.3 Å². The molecule has 0 radical (unpaired) electrons. The Balaban J connectivity index is 1.60. The Bertz CT molecular complexity index is 1010. The van der Waals surface area contributed by atoms with E-state index >= 15 is 0 Å². The van der Waals surface area contributed by atoms with Gasteiger partial charge in [-0.25, -0.2) is 9.37 Å². The van der Waals surface area contributed by atoms with Gasteiger partial charge < -0.3 is 10.1 Å². The summed E-state index contributed by atoms with van der Waals surface area (Å²) in [7, 11) is 0. The van der Waals surface area contributed by atoms with Crippen molar-refractivity contribution < 1.29 is 18.7 Å². The second-order valence-electron chi connectivity index (χ2n) is 5.85. The van der Waals surface area contributed by atoms with Gasteiger partial charge >= 0.3 is 0 Å². The van der Waals surface area contributed by atoms with Crippen molar-refractivity contribution in [3.05, 3.63) is 59.2 Å². The number of carbonyl (C=O) groups is 2. The van der Waals surface area contributed by atoms with Crippen LogP contribution in [-0.2, 0) is 9.59 Å². The molecule has 4 rings (SSSR count). The highest BCUT2D eigenvalue weighted by Gasteiger charge is 2.28. The van der Waals surface area contributed by atoms with Crippen LogP contribution >= 0.6 is 11.3 Å². The molecule has 27 heavy (non-hydrogen) atoms. The van der Waals surface area contributed by atoms with Gasteiger partial charge in [0.2, 0.25) is 5.91 Å². The van der Waals surface area contributed by atoms with E-state index in [4.69, 9.17) is 4.74 Å². The predicted octanol–water partition coefficient (Wildman–Crippen LogP) is 3.31. The lowest BCUT2D eigenvalue weighted by atomic mass is 10.1. The number of hydrogen-bond donors (Lipinski definition) is 1. The third-order valence-electron chi connectivity index (χ3n) is 4.08. The first-order chi connectivity index (χ1) is 13.1. The molecule has 1 N–H and O–H groups in total. The number of hydrogen-bond acceptors (Lipinski definition) is 5. The van der Waals surface area contributed by atoms with E-state index in [-0.39, 0.29) is 24.7 Å². The number of amides is 2. The first kappa shape index (κ1) is 17.2. The van der Waals surface area contributed by atoms with Gasteiger partial charge in [-0.2, -0.15) is 0 Å². The fraction of sp³-hybridized carbons (Fsp3) is 0.105. The maximum Gasteiger partial charge on any atom is 0.265 e. The maximum absolute atomic E-state index is 13.7. The molecule has 0 saturated heterocycles. The summed E-state index contributed by atoms with van der Waals surface area (Å²) < 4.78 is 19.2. The average molecular weight is 383 g/mol. The summed E-state index contributed by atoms with van der Waals surface area (Å²) >= 11 is 1.46. The number of fused-ring (bicyclic) bond motifs is 1. The predicted molar refractivity (Wildman–Crippen MR) is 100 cm³/mol. The largest absolute Gasteiger partial charge is 0.482 e. The minimum atomic E-state index is -0.537. The van der Waals surface area contributed by atoms with Gasteiger partial charge in [-0.15, -0.1) is 11.3 Å². The zero-order chi connectivity index (χ0) is 18.8. The molecule has 0 atom stereocenters. The number of carbonyl (C=O) groups excluding carboxylic acids is 2. The highest BCUT2D eigenvalue weighted by molar-refractivity contribution is 7.07. The second kappa shape index (κ2) is 7.16. The van der Waals surface area contributed by atoms with Crippen molar-refractivity contribution in [3.8, 4) is 17.0 Å². The van der Waals surface area contributed by atoms with Gasteiger partial charge in [-0.05, 0) is 30.3 Å². The molecule has 1 aliphatic rings. The van der Waals surface area contributed by atoms with Crippen LogP contribution in [0, 0.1) is 5.82 Å². The Morgan fingerprint density at radius 2 is 2.15 bits per heavy atom. The van der Waals surface area contributed by atoms with E-state index in [1.165, 1.54) is 34.4 Å². The minimum Gasteiger partial charge on any atom is -0.482 e. The molecule has 2 heterocycles. The van der Waals surface area contributed by atoms with Crippen molar-refractivity contribution in [1.29, 1.82) is 0 Å². The van der Waals surface area contributed by atoms with Crippen LogP contribution in [0.5, 0.6) is 5.75 Å². The molecule has 136 valence electrons. The monoisotopic (exact) mass is 383 g/mol. The van der Waals surface area contributed by atoms with E-state index in [9.17, 15) is 14.0 Å². The molecule has 0 saturated carbocycles. The minimum absolute atomic E-state index is 0.0691. The molecule has 0 bridgehead atoms. The highest BCUT2D eigenvalue weighted by Crippen LogP contribution is 2.36. The standard InChI is InChI=1S/C19H14FN3O3S/c20-13-3-1-2-4-14(13)22-18(24)8-23-16-7-12(15-10-27-11-21-15)5-6-17(16)26-9-19(23)25/h1-7,10-11H,8-9H2,(H,22,24). The molecule has 0 fully saturated rings. The molecule has 0 aliphatic carbocycles. The lowest BCUT2D eigenvalue weighted by Crippen LogP contribution is -2.43. The summed E-state index contributed by atoms with van der Waals surface area (Å²) in [5, 5.41) is 4.38. The maximum atomic E-state index is 13.7. The molecule has 0 spiro atoms. The highest BCUT2D eigenvalue weighted by atomic mass is 32.1. The lowest BCUT2D eigenvalue weighted by Gasteiger charge is -2.29. The van der Waals surface area contributed by atoms with Crippen LogP contribution in [-0.4, -0.2) is 29.9 Å². The van der Waals surface area contributed by atoms with Crippen molar-refractivity contribution in [2.75, 3.05) is 23.4 Å². The Morgan fingerprint density at radius 3 is 2.93 bits per heavy atom. The fourth-order valence-electron chi connectivity index (χ4n) is 2.79. The van der Waals surface area contributed by atoms with E-state index < -0.39 is 11.7 Å². The molecular formula is C19H14FN3O3S. The lowest BCUT2D eigenvalue weighted by molar-refractivity contribution is -0.123. The normalized spacial score (nSPS) is 13.1. The van der Waals surface area contributed by atoms with Crippen LogP contribution < -0.4 is 15.0 Å². The van der Waals surface area contributed by atoms with Gasteiger partial charge in [0, 0.05) is 10.9 Å².